The van der Waals surface area contributed by atoms with Crippen molar-refractivity contribution < 1.29 is 37.7 Å². The van der Waals surface area contributed by atoms with Crippen molar-refractivity contribution in [2.45, 2.75) is 50.4 Å². The SMILES string of the molecule is CC(OC(=O)C12CC3CC(CC(C3)C1=O)C2)C(F)(F)SOOO. The first-order valence-electron chi connectivity index (χ1n) is 7.57. The van der Waals surface area contributed by atoms with Crippen LogP contribution in [0.5, 0.6) is 0 Å². The van der Waals surface area contributed by atoms with E-state index in [4.69, 9.17) is 9.99 Å². The summed E-state index contributed by atoms with van der Waals surface area (Å²) in [6, 6.07) is 0. The van der Waals surface area contributed by atoms with Crippen molar-refractivity contribution in [3.63, 3.8) is 0 Å². The average Bonchev–Trinajstić information content (AvgIpc) is 2.49. The second kappa shape index (κ2) is 5.94. The molecular weight excluding hydrogens is 334 g/mol. The van der Waals surface area contributed by atoms with Crippen LogP contribution in [0.4, 0.5) is 8.78 Å². The van der Waals surface area contributed by atoms with Crippen molar-refractivity contribution in [2.24, 2.45) is 23.2 Å². The minimum atomic E-state index is -3.62. The van der Waals surface area contributed by atoms with Crippen LogP contribution < -0.4 is 0 Å². The van der Waals surface area contributed by atoms with E-state index < -0.39 is 34.8 Å². The number of ketones is 1. The first-order valence-corrected chi connectivity index (χ1v) is 8.32. The second-order valence-corrected chi connectivity index (χ2v) is 7.67. The van der Waals surface area contributed by atoms with Gasteiger partial charge in [-0.25, -0.2) is 5.26 Å². The van der Waals surface area contributed by atoms with Crippen LogP contribution in [0.1, 0.15) is 39.0 Å². The van der Waals surface area contributed by atoms with E-state index in [9.17, 15) is 18.4 Å². The molecule has 0 aromatic heterocycles. The Morgan fingerprint density at radius 1 is 1.35 bits per heavy atom. The number of hydrogen-bond donors (Lipinski definition) is 1. The number of carbonyl (C=O) groups is 2. The monoisotopic (exact) mass is 352 g/mol. The predicted molar refractivity (Wildman–Crippen MR) is 73.9 cm³/mol. The third-order valence-electron chi connectivity index (χ3n) is 5.34. The number of hydrogen-bond acceptors (Lipinski definition) is 7. The zero-order valence-electron chi connectivity index (χ0n) is 12.5. The first-order chi connectivity index (χ1) is 10.8. The Hall–Kier alpha value is -0.770. The number of carbonyl (C=O) groups excluding carboxylic acids is 2. The molecule has 4 rings (SSSR count). The van der Waals surface area contributed by atoms with Crippen LogP contribution in [0.2, 0.25) is 0 Å². The summed E-state index contributed by atoms with van der Waals surface area (Å²) < 4.78 is 36.1. The zero-order valence-corrected chi connectivity index (χ0v) is 13.3. The van der Waals surface area contributed by atoms with Crippen LogP contribution in [-0.2, 0) is 23.7 Å². The third-order valence-corrected chi connectivity index (χ3v) is 6.03. The summed E-state index contributed by atoms with van der Waals surface area (Å²) in [5, 5.41) is 7.47. The third kappa shape index (κ3) is 2.88. The van der Waals surface area contributed by atoms with Gasteiger partial charge in [0.25, 0.3) is 0 Å². The Bertz CT molecular complexity index is 499. The molecule has 0 saturated heterocycles. The standard InChI is InChI=1S/C14H18F2O6S/c1-7(14(15,16)23-22-21-19)20-12(18)13-5-8-2-9(6-13)4-10(3-8)11(13)17/h7-10,19H,2-6H2,1H3. The molecule has 23 heavy (non-hydrogen) atoms. The van der Waals surface area contributed by atoms with E-state index in [1.54, 1.807) is 0 Å². The Morgan fingerprint density at radius 3 is 2.52 bits per heavy atom. The van der Waals surface area contributed by atoms with Crippen LogP contribution >= 0.6 is 12.0 Å². The molecule has 0 spiro atoms. The molecule has 0 heterocycles. The molecule has 3 atom stereocenters. The molecule has 4 saturated carbocycles. The van der Waals surface area contributed by atoms with Crippen molar-refractivity contribution >= 4 is 23.8 Å². The molecule has 4 fully saturated rings. The average molecular weight is 352 g/mol. The topological polar surface area (TPSA) is 82.1 Å². The van der Waals surface area contributed by atoms with Gasteiger partial charge in [0, 0.05) is 5.92 Å². The fourth-order valence-corrected chi connectivity index (χ4v) is 4.82. The number of rotatable bonds is 6. The predicted octanol–water partition coefficient (Wildman–Crippen LogP) is 2.98. The van der Waals surface area contributed by atoms with Crippen LogP contribution in [0.25, 0.3) is 0 Å². The Morgan fingerprint density at radius 2 is 1.96 bits per heavy atom. The summed E-state index contributed by atoms with van der Waals surface area (Å²) in [7, 11) is 0. The first kappa shape index (κ1) is 17.1. The summed E-state index contributed by atoms with van der Waals surface area (Å²) in [5.41, 5.74) is -1.25. The van der Waals surface area contributed by atoms with Crippen LogP contribution in [-0.4, -0.2) is 28.4 Å². The largest absolute Gasteiger partial charge is 0.454 e. The van der Waals surface area contributed by atoms with E-state index in [1.807, 2.05) is 0 Å². The summed E-state index contributed by atoms with van der Waals surface area (Å²) in [6.45, 7) is 1.01. The lowest BCUT2D eigenvalue weighted by atomic mass is 9.49. The van der Waals surface area contributed by atoms with Gasteiger partial charge in [-0.05, 0) is 50.9 Å². The summed E-state index contributed by atoms with van der Waals surface area (Å²) >= 11 is -0.461. The lowest BCUT2D eigenvalue weighted by Crippen LogP contribution is -2.58. The quantitative estimate of drug-likeness (QED) is 0.259. The van der Waals surface area contributed by atoms with Crippen molar-refractivity contribution in [1.82, 2.24) is 0 Å². The molecule has 0 amide bonds. The number of Topliss-reactive ketones (excluding diaryl/α,β-unsaturated/α-hetero) is 1. The van der Waals surface area contributed by atoms with Crippen molar-refractivity contribution in [3.05, 3.63) is 0 Å². The van der Waals surface area contributed by atoms with E-state index in [0.29, 0.717) is 24.7 Å². The zero-order chi connectivity index (χ0) is 16.8. The number of ether oxygens (including phenoxy) is 1. The van der Waals surface area contributed by atoms with Crippen molar-refractivity contribution in [2.75, 3.05) is 0 Å². The highest BCUT2D eigenvalue weighted by atomic mass is 32.2. The molecule has 0 aromatic rings. The minimum absolute atomic E-state index is 0.134. The molecule has 0 radical (unpaired) electrons. The van der Waals surface area contributed by atoms with Gasteiger partial charge in [0.1, 0.15) is 17.5 Å². The van der Waals surface area contributed by atoms with E-state index in [0.717, 1.165) is 26.2 Å². The van der Waals surface area contributed by atoms with Gasteiger partial charge < -0.3 is 4.74 Å². The molecule has 1 N–H and O–H groups in total. The maximum atomic E-state index is 13.7. The molecule has 3 unspecified atom stereocenters. The van der Waals surface area contributed by atoms with Gasteiger partial charge in [-0.2, -0.15) is 8.78 Å². The highest BCUT2D eigenvalue weighted by molar-refractivity contribution is 7.95. The van der Waals surface area contributed by atoms with E-state index in [-0.39, 0.29) is 11.7 Å². The fraction of sp³-hybridized carbons (Fsp3) is 0.857. The van der Waals surface area contributed by atoms with Gasteiger partial charge in [0.15, 0.2) is 11.9 Å². The lowest BCUT2D eigenvalue weighted by Gasteiger charge is -2.53. The summed E-state index contributed by atoms with van der Waals surface area (Å²) in [6.07, 6.45) is 1.58. The number of esters is 1. The molecule has 4 aliphatic carbocycles. The molecule has 0 aromatic carbocycles. The minimum Gasteiger partial charge on any atom is -0.454 e. The summed E-state index contributed by atoms with van der Waals surface area (Å²) in [4.78, 5) is 25.1. The van der Waals surface area contributed by atoms with Gasteiger partial charge in [-0.1, -0.05) is 5.04 Å². The van der Waals surface area contributed by atoms with Crippen molar-refractivity contribution in [3.8, 4) is 0 Å². The smallest absolute Gasteiger partial charge is 0.356 e. The molecular formula is C14H18F2O6S. The summed E-state index contributed by atoms with van der Waals surface area (Å²) in [5.74, 6) is -0.541. The van der Waals surface area contributed by atoms with E-state index in [1.165, 1.54) is 0 Å². The van der Waals surface area contributed by atoms with Gasteiger partial charge in [-0.3, -0.25) is 9.59 Å². The maximum Gasteiger partial charge on any atom is 0.356 e. The molecule has 130 valence electrons. The highest BCUT2D eigenvalue weighted by Gasteiger charge is 2.62. The van der Waals surface area contributed by atoms with Gasteiger partial charge >= 0.3 is 11.2 Å². The Balaban J connectivity index is 1.71. The Labute approximate surface area is 135 Å². The van der Waals surface area contributed by atoms with E-state index >= 15 is 0 Å². The molecule has 0 aliphatic heterocycles. The lowest BCUT2D eigenvalue weighted by molar-refractivity contribution is -0.433. The second-order valence-electron chi connectivity index (χ2n) is 6.83. The molecule has 4 aliphatic rings. The maximum absolute atomic E-state index is 13.7. The van der Waals surface area contributed by atoms with Crippen LogP contribution in [0, 0.1) is 23.2 Å². The van der Waals surface area contributed by atoms with Gasteiger partial charge in [0.2, 0.25) is 0 Å². The number of halogens is 2. The molecule has 6 nitrogen and oxygen atoms in total. The molecule has 9 heteroatoms. The van der Waals surface area contributed by atoms with Crippen LogP contribution in [0.3, 0.4) is 0 Å². The fourth-order valence-electron chi connectivity index (χ4n) is 4.51. The van der Waals surface area contributed by atoms with Gasteiger partial charge in [-0.15, -0.1) is 4.33 Å². The Kier molecular flexibility index (Phi) is 4.41. The van der Waals surface area contributed by atoms with Crippen molar-refractivity contribution in [1.29, 1.82) is 0 Å². The number of alkyl halides is 2. The normalized spacial score (nSPS) is 37.0. The highest BCUT2D eigenvalue weighted by Crippen LogP contribution is 2.58. The van der Waals surface area contributed by atoms with Crippen LogP contribution in [0.15, 0.2) is 0 Å². The molecule has 4 bridgehead atoms. The van der Waals surface area contributed by atoms with Gasteiger partial charge in [0.05, 0.1) is 0 Å². The van der Waals surface area contributed by atoms with E-state index in [2.05, 4.69) is 9.37 Å².